The Balaban J connectivity index is 1.34. The third-order valence-electron chi connectivity index (χ3n) is 5.02. The summed E-state index contributed by atoms with van der Waals surface area (Å²) in [6, 6.07) is 19.7. The van der Waals surface area contributed by atoms with Crippen LogP contribution in [0.15, 0.2) is 78.0 Å². The first-order valence-electron chi connectivity index (χ1n) is 11.4. The number of anilines is 1. The van der Waals surface area contributed by atoms with Crippen LogP contribution in [-0.4, -0.2) is 43.9 Å². The number of hydrogen-bond donors (Lipinski definition) is 2. The van der Waals surface area contributed by atoms with Crippen molar-refractivity contribution in [1.29, 1.82) is 0 Å². The first kappa shape index (κ1) is 22.5. The van der Waals surface area contributed by atoms with E-state index >= 15 is 0 Å². The standard InChI is InChI=1S/C26H30N4O3/c1-2-8-23(9-3-1)31-16-5-14-28-26(29-15-12-21-7-4-13-27-20-21)30-22-10-11-24-25(19-22)33-18-6-17-32-24/h1-4,7-11,13,19-20H,5-6,12,14-18H2,(H2,28,29,30). The maximum absolute atomic E-state index is 5.82. The molecule has 2 aromatic carbocycles. The number of fused-ring (bicyclic) bond motifs is 1. The number of pyridine rings is 1. The summed E-state index contributed by atoms with van der Waals surface area (Å²) in [5.74, 6) is 3.12. The fourth-order valence-electron chi connectivity index (χ4n) is 3.35. The average Bonchev–Trinajstić information content (AvgIpc) is 3.10. The molecular formula is C26H30N4O3. The van der Waals surface area contributed by atoms with Gasteiger partial charge in [0.05, 0.1) is 19.8 Å². The molecule has 0 spiro atoms. The summed E-state index contributed by atoms with van der Waals surface area (Å²) in [5.41, 5.74) is 2.07. The third kappa shape index (κ3) is 7.42. The summed E-state index contributed by atoms with van der Waals surface area (Å²) in [4.78, 5) is 8.92. The summed E-state index contributed by atoms with van der Waals surface area (Å²) in [7, 11) is 0. The van der Waals surface area contributed by atoms with Gasteiger partial charge in [0.25, 0.3) is 0 Å². The van der Waals surface area contributed by atoms with Gasteiger partial charge < -0.3 is 24.8 Å². The molecule has 33 heavy (non-hydrogen) atoms. The molecule has 0 amide bonds. The number of benzene rings is 2. The van der Waals surface area contributed by atoms with E-state index in [0.29, 0.717) is 32.3 Å². The smallest absolute Gasteiger partial charge is 0.195 e. The summed E-state index contributed by atoms with van der Waals surface area (Å²) in [6.45, 7) is 3.32. The zero-order chi connectivity index (χ0) is 22.6. The van der Waals surface area contributed by atoms with Crippen molar-refractivity contribution < 1.29 is 14.2 Å². The molecule has 1 aliphatic rings. The van der Waals surface area contributed by atoms with Crippen LogP contribution in [0.25, 0.3) is 0 Å². The maximum Gasteiger partial charge on any atom is 0.195 e. The van der Waals surface area contributed by atoms with Crippen LogP contribution >= 0.6 is 0 Å². The van der Waals surface area contributed by atoms with Gasteiger partial charge in [0.2, 0.25) is 0 Å². The second-order valence-electron chi connectivity index (χ2n) is 7.62. The van der Waals surface area contributed by atoms with Gasteiger partial charge in [-0.3, -0.25) is 9.98 Å². The molecule has 0 bridgehead atoms. The average molecular weight is 447 g/mol. The van der Waals surface area contributed by atoms with Crippen molar-refractivity contribution in [3.63, 3.8) is 0 Å². The molecule has 0 radical (unpaired) electrons. The monoisotopic (exact) mass is 446 g/mol. The number of hydrogen-bond acceptors (Lipinski definition) is 5. The predicted molar refractivity (Wildman–Crippen MR) is 130 cm³/mol. The Labute approximate surface area is 194 Å². The van der Waals surface area contributed by atoms with E-state index in [9.17, 15) is 0 Å². The first-order chi connectivity index (χ1) is 16.4. The number of rotatable bonds is 9. The fraction of sp³-hybridized carbons (Fsp3) is 0.308. The first-order valence-corrected chi connectivity index (χ1v) is 11.4. The molecule has 0 unspecified atom stereocenters. The van der Waals surface area contributed by atoms with E-state index in [1.165, 1.54) is 5.56 Å². The highest BCUT2D eigenvalue weighted by molar-refractivity contribution is 5.94. The normalized spacial score (nSPS) is 13.2. The fourth-order valence-corrected chi connectivity index (χ4v) is 3.35. The molecule has 2 N–H and O–H groups in total. The number of aromatic nitrogens is 1. The number of nitrogens with zero attached hydrogens (tertiary/aromatic N) is 2. The molecule has 1 aliphatic heterocycles. The van der Waals surface area contributed by atoms with Gasteiger partial charge in [-0.05, 0) is 42.3 Å². The van der Waals surface area contributed by atoms with Crippen molar-refractivity contribution in [2.75, 3.05) is 38.2 Å². The molecule has 7 heteroatoms. The Morgan fingerprint density at radius 2 is 1.88 bits per heavy atom. The van der Waals surface area contributed by atoms with Gasteiger partial charge in [-0.1, -0.05) is 24.3 Å². The highest BCUT2D eigenvalue weighted by Gasteiger charge is 2.11. The van der Waals surface area contributed by atoms with Crippen molar-refractivity contribution >= 4 is 11.6 Å². The second kappa shape index (κ2) is 12.3. The van der Waals surface area contributed by atoms with Gasteiger partial charge in [0.15, 0.2) is 17.5 Å². The molecule has 0 aliphatic carbocycles. The quantitative estimate of drug-likeness (QED) is 0.290. The SMILES string of the molecule is c1ccc(OCCCN=C(NCCc2cccnc2)Nc2ccc3c(c2)OCCCO3)cc1. The molecule has 4 rings (SSSR count). The van der Waals surface area contributed by atoms with E-state index in [-0.39, 0.29) is 0 Å². The largest absolute Gasteiger partial charge is 0.494 e. The Kier molecular flexibility index (Phi) is 8.39. The number of para-hydroxylation sites is 1. The van der Waals surface area contributed by atoms with Crippen LogP contribution in [-0.2, 0) is 6.42 Å². The zero-order valence-corrected chi connectivity index (χ0v) is 18.7. The molecule has 0 saturated heterocycles. The Morgan fingerprint density at radius 1 is 1.00 bits per heavy atom. The van der Waals surface area contributed by atoms with E-state index in [4.69, 9.17) is 19.2 Å². The molecule has 0 saturated carbocycles. The lowest BCUT2D eigenvalue weighted by atomic mass is 10.2. The number of ether oxygens (including phenoxy) is 3. The van der Waals surface area contributed by atoms with Gasteiger partial charge in [0, 0.05) is 50.1 Å². The van der Waals surface area contributed by atoms with Gasteiger partial charge in [-0.25, -0.2) is 0 Å². The van der Waals surface area contributed by atoms with Gasteiger partial charge >= 0.3 is 0 Å². The van der Waals surface area contributed by atoms with Crippen LogP contribution in [0.3, 0.4) is 0 Å². The Morgan fingerprint density at radius 3 is 2.73 bits per heavy atom. The van der Waals surface area contributed by atoms with Crippen molar-refractivity contribution in [3.05, 3.63) is 78.6 Å². The van der Waals surface area contributed by atoms with E-state index in [1.54, 1.807) is 6.20 Å². The van der Waals surface area contributed by atoms with E-state index in [0.717, 1.165) is 48.7 Å². The van der Waals surface area contributed by atoms with E-state index in [2.05, 4.69) is 21.7 Å². The lowest BCUT2D eigenvalue weighted by Gasteiger charge is -2.15. The summed E-state index contributed by atoms with van der Waals surface area (Å²) >= 11 is 0. The third-order valence-corrected chi connectivity index (χ3v) is 5.02. The van der Waals surface area contributed by atoms with E-state index in [1.807, 2.05) is 60.8 Å². The molecule has 172 valence electrons. The molecule has 3 aromatic rings. The lowest BCUT2D eigenvalue weighted by Crippen LogP contribution is -2.32. The topological polar surface area (TPSA) is 77.0 Å². The molecule has 0 atom stereocenters. The van der Waals surface area contributed by atoms with Crippen molar-refractivity contribution in [3.8, 4) is 17.2 Å². The predicted octanol–water partition coefficient (Wildman–Crippen LogP) is 4.31. The van der Waals surface area contributed by atoms with Crippen LogP contribution in [0.5, 0.6) is 17.2 Å². The number of guanidine groups is 1. The Hall–Kier alpha value is -3.74. The van der Waals surface area contributed by atoms with E-state index < -0.39 is 0 Å². The van der Waals surface area contributed by atoms with Crippen LogP contribution in [0.2, 0.25) is 0 Å². The number of aliphatic imine (C=N–C) groups is 1. The van der Waals surface area contributed by atoms with Crippen LogP contribution in [0.1, 0.15) is 18.4 Å². The summed E-state index contributed by atoms with van der Waals surface area (Å²) in [6.07, 6.45) is 6.22. The van der Waals surface area contributed by atoms with Crippen LogP contribution in [0, 0.1) is 0 Å². The molecule has 0 fully saturated rings. The highest BCUT2D eigenvalue weighted by Crippen LogP contribution is 2.32. The Bertz CT molecular complexity index is 1010. The summed E-state index contributed by atoms with van der Waals surface area (Å²) < 4.78 is 17.3. The van der Waals surface area contributed by atoms with Gasteiger partial charge in [-0.2, -0.15) is 0 Å². The molecule has 7 nitrogen and oxygen atoms in total. The van der Waals surface area contributed by atoms with Gasteiger partial charge in [0.1, 0.15) is 5.75 Å². The van der Waals surface area contributed by atoms with Crippen molar-refractivity contribution in [2.45, 2.75) is 19.3 Å². The minimum atomic E-state index is 0.612. The van der Waals surface area contributed by atoms with Gasteiger partial charge in [-0.15, -0.1) is 0 Å². The molecule has 2 heterocycles. The zero-order valence-electron chi connectivity index (χ0n) is 18.7. The summed E-state index contributed by atoms with van der Waals surface area (Å²) in [5, 5.41) is 6.81. The van der Waals surface area contributed by atoms with Crippen molar-refractivity contribution in [2.24, 2.45) is 4.99 Å². The van der Waals surface area contributed by atoms with Crippen LogP contribution in [0.4, 0.5) is 5.69 Å². The number of nitrogens with one attached hydrogen (secondary N) is 2. The minimum absolute atomic E-state index is 0.612. The van der Waals surface area contributed by atoms with Crippen LogP contribution < -0.4 is 24.8 Å². The highest BCUT2D eigenvalue weighted by atomic mass is 16.5. The minimum Gasteiger partial charge on any atom is -0.494 e. The lowest BCUT2D eigenvalue weighted by molar-refractivity contribution is 0.297. The maximum atomic E-state index is 5.82. The molecule has 1 aromatic heterocycles. The second-order valence-corrected chi connectivity index (χ2v) is 7.62. The molecular weight excluding hydrogens is 416 g/mol. The van der Waals surface area contributed by atoms with Crippen molar-refractivity contribution in [1.82, 2.24) is 10.3 Å².